The summed E-state index contributed by atoms with van der Waals surface area (Å²) in [5, 5.41) is 0. The van der Waals surface area contributed by atoms with E-state index in [9.17, 15) is 4.79 Å². The van der Waals surface area contributed by atoms with Crippen molar-refractivity contribution in [1.29, 1.82) is 0 Å². The van der Waals surface area contributed by atoms with Crippen molar-refractivity contribution in [1.82, 2.24) is 0 Å². The number of thiophene rings is 1. The molecule has 0 atom stereocenters. The van der Waals surface area contributed by atoms with Gasteiger partial charge in [0.05, 0.1) is 3.79 Å². The van der Waals surface area contributed by atoms with E-state index in [0.29, 0.717) is 0 Å². The van der Waals surface area contributed by atoms with E-state index in [0.717, 1.165) is 25.4 Å². The predicted octanol–water partition coefficient (Wildman–Crippen LogP) is 4.67. The third-order valence-corrected chi connectivity index (χ3v) is 4.45. The van der Waals surface area contributed by atoms with Gasteiger partial charge in [-0.25, -0.2) is 0 Å². The maximum Gasteiger partial charge on any atom is 0.194 e. The fraction of sp³-hybridized carbons (Fsp3) is 0.214. The van der Waals surface area contributed by atoms with Crippen molar-refractivity contribution in [2.45, 2.75) is 20.8 Å². The average Bonchev–Trinajstić information content (AvgIpc) is 2.61. The van der Waals surface area contributed by atoms with Gasteiger partial charge in [0, 0.05) is 16.0 Å². The van der Waals surface area contributed by atoms with E-state index in [4.69, 9.17) is 0 Å². The van der Waals surface area contributed by atoms with Crippen molar-refractivity contribution in [2.24, 2.45) is 0 Å². The minimum Gasteiger partial charge on any atom is -0.289 e. The summed E-state index contributed by atoms with van der Waals surface area (Å²) in [6.45, 7) is 6.06. The Morgan fingerprint density at radius 2 is 1.82 bits per heavy atom. The Balaban J connectivity index is 2.44. The van der Waals surface area contributed by atoms with Crippen LogP contribution in [0.25, 0.3) is 0 Å². The first-order valence-electron chi connectivity index (χ1n) is 5.37. The lowest BCUT2D eigenvalue weighted by atomic mass is 10.00. The molecule has 0 fully saturated rings. The quantitative estimate of drug-likeness (QED) is 0.737. The van der Waals surface area contributed by atoms with Gasteiger partial charge in [-0.15, -0.1) is 11.3 Å². The summed E-state index contributed by atoms with van der Waals surface area (Å²) in [5.74, 6) is 0.104. The van der Waals surface area contributed by atoms with Crippen molar-refractivity contribution >= 4 is 33.0 Å². The normalized spacial score (nSPS) is 10.6. The monoisotopic (exact) mass is 308 g/mol. The van der Waals surface area contributed by atoms with Crippen LogP contribution < -0.4 is 0 Å². The third-order valence-electron chi connectivity index (χ3n) is 2.90. The SMILES string of the molecule is Cc1ccc(C(=O)c2cc(Br)sc2C)cc1C. The number of hydrogen-bond donors (Lipinski definition) is 0. The number of carbonyl (C=O) groups is 1. The van der Waals surface area contributed by atoms with Crippen molar-refractivity contribution in [3.05, 3.63) is 55.2 Å². The molecule has 1 heterocycles. The van der Waals surface area contributed by atoms with Crippen LogP contribution in [0.2, 0.25) is 0 Å². The highest BCUT2D eigenvalue weighted by atomic mass is 79.9. The molecule has 1 aromatic heterocycles. The molecular weight excluding hydrogens is 296 g/mol. The Morgan fingerprint density at radius 3 is 2.35 bits per heavy atom. The Bertz CT molecular complexity index is 584. The highest BCUT2D eigenvalue weighted by molar-refractivity contribution is 9.11. The van der Waals surface area contributed by atoms with Crippen molar-refractivity contribution in [3.63, 3.8) is 0 Å². The molecule has 0 radical (unpaired) electrons. The summed E-state index contributed by atoms with van der Waals surface area (Å²) < 4.78 is 1.00. The number of halogens is 1. The van der Waals surface area contributed by atoms with Crippen molar-refractivity contribution in [2.75, 3.05) is 0 Å². The summed E-state index contributed by atoms with van der Waals surface area (Å²) in [6, 6.07) is 7.76. The molecule has 88 valence electrons. The highest BCUT2D eigenvalue weighted by Crippen LogP contribution is 2.28. The van der Waals surface area contributed by atoms with E-state index in [-0.39, 0.29) is 5.78 Å². The zero-order valence-electron chi connectivity index (χ0n) is 10.0. The van der Waals surface area contributed by atoms with Crippen molar-refractivity contribution in [3.8, 4) is 0 Å². The summed E-state index contributed by atoms with van der Waals surface area (Å²) in [7, 11) is 0. The first kappa shape index (κ1) is 12.5. The van der Waals surface area contributed by atoms with Gasteiger partial charge in [-0.1, -0.05) is 12.1 Å². The summed E-state index contributed by atoms with van der Waals surface area (Å²) in [5.41, 5.74) is 3.93. The molecule has 3 heteroatoms. The van der Waals surface area contributed by atoms with E-state index >= 15 is 0 Å². The Morgan fingerprint density at radius 1 is 1.12 bits per heavy atom. The van der Waals surface area contributed by atoms with Crippen LogP contribution in [0.3, 0.4) is 0 Å². The van der Waals surface area contributed by atoms with Gasteiger partial charge in [0.2, 0.25) is 0 Å². The molecule has 0 aliphatic rings. The summed E-state index contributed by atoms with van der Waals surface area (Å²) in [4.78, 5) is 13.4. The number of aryl methyl sites for hydroxylation is 3. The number of benzene rings is 1. The van der Waals surface area contributed by atoms with Crippen LogP contribution >= 0.6 is 27.3 Å². The number of ketones is 1. The molecule has 1 nitrogen and oxygen atoms in total. The molecule has 1 aromatic carbocycles. The molecule has 0 spiro atoms. The van der Waals surface area contributed by atoms with Crippen LogP contribution in [0.15, 0.2) is 28.1 Å². The summed E-state index contributed by atoms with van der Waals surface area (Å²) >= 11 is 5.01. The van der Waals surface area contributed by atoms with Gasteiger partial charge in [-0.05, 0) is 60.0 Å². The molecule has 0 saturated carbocycles. The van der Waals surface area contributed by atoms with Crippen LogP contribution in [-0.4, -0.2) is 5.78 Å². The predicted molar refractivity (Wildman–Crippen MR) is 76.1 cm³/mol. The Labute approximate surface area is 114 Å². The fourth-order valence-corrected chi connectivity index (χ4v) is 3.40. The van der Waals surface area contributed by atoms with Gasteiger partial charge >= 0.3 is 0 Å². The largest absolute Gasteiger partial charge is 0.289 e. The van der Waals surface area contributed by atoms with E-state index in [2.05, 4.69) is 22.9 Å². The molecule has 0 aliphatic carbocycles. The lowest BCUT2D eigenvalue weighted by Gasteiger charge is -2.04. The van der Waals surface area contributed by atoms with Gasteiger partial charge in [0.1, 0.15) is 0 Å². The lowest BCUT2D eigenvalue weighted by Crippen LogP contribution is -2.02. The van der Waals surface area contributed by atoms with E-state index in [1.54, 1.807) is 11.3 Å². The standard InChI is InChI=1S/C14H13BrOS/c1-8-4-5-11(6-9(8)2)14(16)12-7-13(15)17-10(12)3/h4-7H,1-3H3. The number of rotatable bonds is 2. The molecule has 0 amide bonds. The first-order valence-corrected chi connectivity index (χ1v) is 6.98. The van der Waals surface area contributed by atoms with Crippen LogP contribution in [0, 0.1) is 20.8 Å². The van der Waals surface area contributed by atoms with Gasteiger partial charge < -0.3 is 0 Å². The molecule has 0 saturated heterocycles. The van der Waals surface area contributed by atoms with E-state index in [1.165, 1.54) is 5.56 Å². The van der Waals surface area contributed by atoms with Gasteiger partial charge in [0.25, 0.3) is 0 Å². The van der Waals surface area contributed by atoms with Crippen LogP contribution in [-0.2, 0) is 0 Å². The molecule has 2 rings (SSSR count). The second-order valence-electron chi connectivity index (χ2n) is 4.15. The topological polar surface area (TPSA) is 17.1 Å². The van der Waals surface area contributed by atoms with Gasteiger partial charge in [-0.2, -0.15) is 0 Å². The minimum atomic E-state index is 0.104. The third kappa shape index (κ3) is 2.50. The first-order chi connectivity index (χ1) is 7.99. The molecular formula is C14H13BrOS. The van der Waals surface area contributed by atoms with Crippen LogP contribution in [0.4, 0.5) is 0 Å². The second-order valence-corrected chi connectivity index (χ2v) is 6.78. The smallest absolute Gasteiger partial charge is 0.194 e. The zero-order valence-corrected chi connectivity index (χ0v) is 12.4. The maximum absolute atomic E-state index is 12.3. The van der Waals surface area contributed by atoms with Crippen LogP contribution in [0.5, 0.6) is 0 Å². The summed E-state index contributed by atoms with van der Waals surface area (Å²) in [6.07, 6.45) is 0. The van der Waals surface area contributed by atoms with Crippen molar-refractivity contribution < 1.29 is 4.79 Å². The Hall–Kier alpha value is -0.930. The molecule has 0 aliphatic heterocycles. The maximum atomic E-state index is 12.3. The second kappa shape index (κ2) is 4.75. The molecule has 0 unspecified atom stereocenters. The molecule has 0 N–H and O–H groups in total. The van der Waals surface area contributed by atoms with Gasteiger partial charge in [-0.3, -0.25) is 4.79 Å². The fourth-order valence-electron chi connectivity index (χ4n) is 1.71. The molecule has 0 bridgehead atoms. The zero-order chi connectivity index (χ0) is 12.6. The van der Waals surface area contributed by atoms with Crippen LogP contribution in [0.1, 0.15) is 31.9 Å². The molecule has 2 aromatic rings. The highest BCUT2D eigenvalue weighted by Gasteiger charge is 2.14. The minimum absolute atomic E-state index is 0.104. The number of carbonyl (C=O) groups excluding carboxylic acids is 1. The molecule has 17 heavy (non-hydrogen) atoms. The Kier molecular flexibility index (Phi) is 3.50. The van der Waals surface area contributed by atoms with E-state index < -0.39 is 0 Å². The van der Waals surface area contributed by atoms with Gasteiger partial charge in [0.15, 0.2) is 5.78 Å². The average molecular weight is 309 g/mol. The lowest BCUT2D eigenvalue weighted by molar-refractivity contribution is 0.103. The van der Waals surface area contributed by atoms with E-state index in [1.807, 2.05) is 38.1 Å². The number of hydrogen-bond acceptors (Lipinski definition) is 2.